The van der Waals surface area contributed by atoms with Gasteiger partial charge in [-0.15, -0.1) is 0 Å². The lowest BCUT2D eigenvalue weighted by molar-refractivity contribution is -0.386. The Morgan fingerprint density at radius 1 is 1.42 bits per heavy atom. The number of ether oxygens (including phenoxy) is 1. The minimum absolute atomic E-state index is 0.108. The van der Waals surface area contributed by atoms with E-state index in [0.29, 0.717) is 11.4 Å². The molecule has 0 unspecified atom stereocenters. The van der Waals surface area contributed by atoms with Crippen molar-refractivity contribution >= 4 is 21.6 Å². The molecule has 0 saturated carbocycles. The predicted octanol–water partition coefficient (Wildman–Crippen LogP) is 3.50. The fourth-order valence-corrected chi connectivity index (χ4v) is 1.99. The van der Waals surface area contributed by atoms with Crippen molar-refractivity contribution in [1.29, 1.82) is 0 Å². The molecular formula is C12H12BrN3O3. The fraction of sp³-hybridized carbons (Fsp3) is 0.250. The van der Waals surface area contributed by atoms with Crippen LogP contribution in [0.5, 0.6) is 11.6 Å². The molecule has 2 rings (SSSR count). The SMILES string of the molecule is Cc1cc(Oc2c([N+](=O)[O-])c(C)nn2C)ccc1Br. The van der Waals surface area contributed by atoms with Crippen molar-refractivity contribution in [3.05, 3.63) is 44.0 Å². The summed E-state index contributed by atoms with van der Waals surface area (Å²) in [5.74, 6) is 0.663. The van der Waals surface area contributed by atoms with Gasteiger partial charge in [0.05, 0.1) is 4.92 Å². The van der Waals surface area contributed by atoms with Gasteiger partial charge in [-0.05, 0) is 37.6 Å². The van der Waals surface area contributed by atoms with E-state index < -0.39 is 4.92 Å². The highest BCUT2D eigenvalue weighted by atomic mass is 79.9. The number of benzene rings is 1. The average molecular weight is 326 g/mol. The molecule has 0 atom stereocenters. The number of aryl methyl sites for hydroxylation is 3. The van der Waals surface area contributed by atoms with E-state index in [1.54, 1.807) is 26.1 Å². The Kier molecular flexibility index (Phi) is 3.57. The molecule has 7 heteroatoms. The molecule has 0 aliphatic carbocycles. The zero-order valence-electron chi connectivity index (χ0n) is 10.7. The molecule has 0 amide bonds. The summed E-state index contributed by atoms with van der Waals surface area (Å²) in [6, 6.07) is 5.37. The van der Waals surface area contributed by atoms with Gasteiger partial charge in [-0.3, -0.25) is 10.1 Å². The quantitative estimate of drug-likeness (QED) is 0.639. The molecule has 1 aromatic heterocycles. The molecule has 0 bridgehead atoms. The van der Waals surface area contributed by atoms with Crippen LogP contribution in [0.1, 0.15) is 11.3 Å². The summed E-state index contributed by atoms with van der Waals surface area (Å²) in [5, 5.41) is 15.0. The molecule has 0 radical (unpaired) electrons. The number of rotatable bonds is 3. The first kappa shape index (κ1) is 13.5. The average Bonchev–Trinajstić information content (AvgIpc) is 2.59. The van der Waals surface area contributed by atoms with E-state index in [0.717, 1.165) is 10.0 Å². The van der Waals surface area contributed by atoms with Crippen molar-refractivity contribution in [2.75, 3.05) is 0 Å². The van der Waals surface area contributed by atoms with Crippen LogP contribution < -0.4 is 4.74 Å². The fourth-order valence-electron chi connectivity index (χ4n) is 1.74. The van der Waals surface area contributed by atoms with Gasteiger partial charge in [0.1, 0.15) is 11.4 Å². The van der Waals surface area contributed by atoms with Gasteiger partial charge >= 0.3 is 5.69 Å². The minimum atomic E-state index is -0.483. The lowest BCUT2D eigenvalue weighted by atomic mass is 10.2. The van der Waals surface area contributed by atoms with Crippen molar-refractivity contribution in [3.8, 4) is 11.6 Å². The first-order chi connectivity index (χ1) is 8.90. The second kappa shape index (κ2) is 5.00. The molecule has 1 heterocycles. The Labute approximate surface area is 118 Å². The first-order valence-corrected chi connectivity index (χ1v) is 6.31. The molecule has 2 aromatic rings. The van der Waals surface area contributed by atoms with Gasteiger partial charge in [-0.2, -0.15) is 5.10 Å². The second-order valence-corrected chi connectivity index (χ2v) is 4.99. The lowest BCUT2D eigenvalue weighted by Gasteiger charge is -2.06. The van der Waals surface area contributed by atoms with E-state index in [-0.39, 0.29) is 11.6 Å². The zero-order chi connectivity index (χ0) is 14.2. The molecule has 100 valence electrons. The van der Waals surface area contributed by atoms with Crippen LogP contribution in [0.2, 0.25) is 0 Å². The highest BCUT2D eigenvalue weighted by Gasteiger charge is 2.26. The molecule has 6 nitrogen and oxygen atoms in total. The second-order valence-electron chi connectivity index (χ2n) is 4.13. The van der Waals surface area contributed by atoms with Crippen LogP contribution in [-0.2, 0) is 7.05 Å². The van der Waals surface area contributed by atoms with Crippen molar-refractivity contribution < 1.29 is 9.66 Å². The molecule has 0 N–H and O–H groups in total. The van der Waals surface area contributed by atoms with Crippen LogP contribution in [0.15, 0.2) is 22.7 Å². The molecule has 0 aliphatic rings. The van der Waals surface area contributed by atoms with Crippen molar-refractivity contribution in [3.63, 3.8) is 0 Å². The standard InChI is InChI=1S/C12H12BrN3O3/c1-7-6-9(4-5-10(7)13)19-12-11(16(17)18)8(2)14-15(12)3/h4-6H,1-3H3. The number of nitro groups is 1. The number of nitrogens with zero attached hydrogens (tertiary/aromatic N) is 3. The van der Waals surface area contributed by atoms with E-state index >= 15 is 0 Å². The van der Waals surface area contributed by atoms with Gasteiger partial charge in [-0.1, -0.05) is 15.9 Å². The predicted molar refractivity (Wildman–Crippen MR) is 73.6 cm³/mol. The van der Waals surface area contributed by atoms with E-state index in [4.69, 9.17) is 4.74 Å². The van der Waals surface area contributed by atoms with Gasteiger partial charge in [0.25, 0.3) is 5.88 Å². The summed E-state index contributed by atoms with van der Waals surface area (Å²) in [6.07, 6.45) is 0. The van der Waals surface area contributed by atoms with Crippen LogP contribution in [0.4, 0.5) is 5.69 Å². The van der Waals surface area contributed by atoms with E-state index in [9.17, 15) is 10.1 Å². The zero-order valence-corrected chi connectivity index (χ0v) is 12.3. The van der Waals surface area contributed by atoms with Crippen LogP contribution in [0, 0.1) is 24.0 Å². The van der Waals surface area contributed by atoms with Gasteiger partial charge in [0.15, 0.2) is 0 Å². The third-order valence-corrected chi connectivity index (χ3v) is 3.56. The summed E-state index contributed by atoms with van der Waals surface area (Å²) in [7, 11) is 1.61. The van der Waals surface area contributed by atoms with Crippen LogP contribution in [0.3, 0.4) is 0 Å². The third-order valence-electron chi connectivity index (χ3n) is 2.67. The molecule has 1 aromatic carbocycles. The molecule has 0 spiro atoms. The van der Waals surface area contributed by atoms with Gasteiger partial charge in [-0.25, -0.2) is 4.68 Å². The van der Waals surface area contributed by atoms with Gasteiger partial charge in [0, 0.05) is 11.5 Å². The smallest absolute Gasteiger partial charge is 0.353 e. The van der Waals surface area contributed by atoms with Crippen LogP contribution in [0.25, 0.3) is 0 Å². The number of halogens is 1. The van der Waals surface area contributed by atoms with Crippen LogP contribution in [-0.4, -0.2) is 14.7 Å². The van der Waals surface area contributed by atoms with E-state index in [1.807, 2.05) is 13.0 Å². The Morgan fingerprint density at radius 2 is 2.11 bits per heavy atom. The van der Waals surface area contributed by atoms with Crippen LogP contribution >= 0.6 is 15.9 Å². The third kappa shape index (κ3) is 2.60. The first-order valence-electron chi connectivity index (χ1n) is 5.52. The maximum Gasteiger partial charge on any atom is 0.353 e. The maximum atomic E-state index is 11.0. The Morgan fingerprint density at radius 3 is 2.68 bits per heavy atom. The Hall–Kier alpha value is -1.89. The molecule has 19 heavy (non-hydrogen) atoms. The summed E-state index contributed by atoms with van der Waals surface area (Å²) < 4.78 is 7.92. The normalized spacial score (nSPS) is 10.5. The maximum absolute atomic E-state index is 11.0. The van der Waals surface area contributed by atoms with Crippen molar-refractivity contribution in [2.45, 2.75) is 13.8 Å². The summed E-state index contributed by atoms with van der Waals surface area (Å²) in [4.78, 5) is 10.5. The van der Waals surface area contributed by atoms with Gasteiger partial charge < -0.3 is 4.74 Å². The topological polar surface area (TPSA) is 70.2 Å². The highest BCUT2D eigenvalue weighted by Crippen LogP contribution is 2.34. The van der Waals surface area contributed by atoms with Gasteiger partial charge in [0.2, 0.25) is 0 Å². The number of aromatic nitrogens is 2. The minimum Gasteiger partial charge on any atom is -0.434 e. The lowest BCUT2D eigenvalue weighted by Crippen LogP contribution is -1.97. The summed E-state index contributed by atoms with van der Waals surface area (Å²) in [6.45, 7) is 3.50. The Bertz CT molecular complexity index is 652. The van der Waals surface area contributed by atoms with Crippen molar-refractivity contribution in [1.82, 2.24) is 9.78 Å². The largest absolute Gasteiger partial charge is 0.434 e. The summed E-state index contributed by atoms with van der Waals surface area (Å²) >= 11 is 3.39. The Balaban J connectivity index is 2.43. The van der Waals surface area contributed by atoms with Crippen molar-refractivity contribution in [2.24, 2.45) is 7.05 Å². The van der Waals surface area contributed by atoms with E-state index in [1.165, 1.54) is 4.68 Å². The molecular weight excluding hydrogens is 314 g/mol. The number of hydrogen-bond donors (Lipinski definition) is 0. The number of hydrogen-bond acceptors (Lipinski definition) is 4. The summed E-state index contributed by atoms with van der Waals surface area (Å²) in [5.41, 5.74) is 1.21. The highest BCUT2D eigenvalue weighted by molar-refractivity contribution is 9.10. The molecule has 0 fully saturated rings. The monoisotopic (exact) mass is 325 g/mol. The molecule has 0 aliphatic heterocycles. The molecule has 0 saturated heterocycles. The van der Waals surface area contributed by atoms with E-state index in [2.05, 4.69) is 21.0 Å².